The van der Waals surface area contributed by atoms with Crippen molar-refractivity contribution in [2.75, 3.05) is 26.3 Å². The summed E-state index contributed by atoms with van der Waals surface area (Å²) in [6, 6.07) is -0.746. The number of hydrogen-bond donors (Lipinski definition) is 4. The number of urea groups is 1. The minimum atomic E-state index is -1.21. The van der Waals surface area contributed by atoms with Crippen molar-refractivity contribution < 1.29 is 29.0 Å². The van der Waals surface area contributed by atoms with Crippen molar-refractivity contribution in [3.8, 4) is 0 Å². The summed E-state index contributed by atoms with van der Waals surface area (Å²) in [5, 5.41) is 14.9. The van der Waals surface area contributed by atoms with E-state index in [-0.39, 0.29) is 19.0 Å². The zero-order chi connectivity index (χ0) is 14.0. The molecule has 0 atom stereocenters. The van der Waals surface area contributed by atoms with E-state index in [1.165, 1.54) is 6.92 Å². The molecule has 0 aliphatic carbocycles. The Bertz CT molecular complexity index is 330. The van der Waals surface area contributed by atoms with Crippen molar-refractivity contribution in [3.05, 3.63) is 0 Å². The molecule has 0 rings (SSSR count). The van der Waals surface area contributed by atoms with Crippen LogP contribution in [0, 0.1) is 0 Å². The first-order chi connectivity index (χ1) is 8.41. The number of ether oxygens (including phenoxy) is 1. The number of rotatable bonds is 7. The summed E-state index contributed by atoms with van der Waals surface area (Å²) in [4.78, 5) is 42.6. The molecule has 0 fully saturated rings. The molecule has 0 aromatic rings. The third-order valence-electron chi connectivity index (χ3n) is 1.50. The highest BCUT2D eigenvalue weighted by molar-refractivity contribution is 5.94. The van der Waals surface area contributed by atoms with E-state index in [9.17, 15) is 19.2 Å². The Balaban J connectivity index is 3.58. The molecule has 18 heavy (non-hydrogen) atoms. The number of carbonyl (C=O) groups excluding carboxylic acids is 3. The molecule has 0 spiro atoms. The molecule has 0 aliphatic heterocycles. The van der Waals surface area contributed by atoms with Crippen LogP contribution in [-0.4, -0.2) is 55.2 Å². The number of amides is 4. The lowest BCUT2D eigenvalue weighted by molar-refractivity contribution is -0.143. The van der Waals surface area contributed by atoms with Gasteiger partial charge in [0.2, 0.25) is 5.91 Å². The van der Waals surface area contributed by atoms with Gasteiger partial charge in [-0.2, -0.15) is 0 Å². The average Bonchev–Trinajstić information content (AvgIpc) is 2.23. The first-order valence-electron chi connectivity index (χ1n) is 5.03. The highest BCUT2D eigenvalue weighted by Gasteiger charge is 2.07. The zero-order valence-corrected chi connectivity index (χ0v) is 9.82. The summed E-state index contributed by atoms with van der Waals surface area (Å²) in [7, 11) is 0. The molecule has 9 heteroatoms. The maximum atomic E-state index is 11.1. The van der Waals surface area contributed by atoms with Gasteiger partial charge in [-0.3, -0.25) is 14.9 Å². The Morgan fingerprint density at radius 2 is 1.67 bits per heavy atom. The van der Waals surface area contributed by atoms with Crippen LogP contribution in [0.4, 0.5) is 4.79 Å². The molecule has 0 aliphatic rings. The van der Waals surface area contributed by atoms with E-state index in [2.05, 4.69) is 15.4 Å². The second kappa shape index (κ2) is 8.93. The highest BCUT2D eigenvalue weighted by Crippen LogP contribution is 1.76. The minimum absolute atomic E-state index is 0.161. The lowest BCUT2D eigenvalue weighted by atomic mass is 10.5. The van der Waals surface area contributed by atoms with Gasteiger partial charge in [0.1, 0.15) is 13.2 Å². The van der Waals surface area contributed by atoms with Gasteiger partial charge in [-0.1, -0.05) is 0 Å². The van der Waals surface area contributed by atoms with Gasteiger partial charge in [-0.15, -0.1) is 0 Å². The number of aliphatic carboxylic acids is 1. The molecule has 0 saturated carbocycles. The Hall–Kier alpha value is -2.16. The van der Waals surface area contributed by atoms with Crippen LogP contribution >= 0.6 is 0 Å². The third kappa shape index (κ3) is 10.4. The monoisotopic (exact) mass is 261 g/mol. The Kier molecular flexibility index (Phi) is 7.86. The van der Waals surface area contributed by atoms with Gasteiger partial charge in [0.25, 0.3) is 5.91 Å². The number of carbonyl (C=O) groups is 4. The van der Waals surface area contributed by atoms with Gasteiger partial charge in [0, 0.05) is 20.0 Å². The lowest BCUT2D eigenvalue weighted by Crippen LogP contribution is -2.43. The molecule has 0 aromatic carbocycles. The molecule has 4 amide bonds. The summed E-state index contributed by atoms with van der Waals surface area (Å²) in [6.45, 7) is 0.605. The van der Waals surface area contributed by atoms with Crippen molar-refractivity contribution in [1.29, 1.82) is 0 Å². The summed E-state index contributed by atoms with van der Waals surface area (Å²) in [5.41, 5.74) is 0. The van der Waals surface area contributed by atoms with E-state index >= 15 is 0 Å². The quantitative estimate of drug-likeness (QED) is 0.393. The predicted octanol–water partition coefficient (Wildman–Crippen LogP) is -1.95. The van der Waals surface area contributed by atoms with Crippen LogP contribution in [0.5, 0.6) is 0 Å². The van der Waals surface area contributed by atoms with E-state index in [1.54, 1.807) is 0 Å². The maximum Gasteiger partial charge on any atom is 0.329 e. The first kappa shape index (κ1) is 15.8. The summed E-state index contributed by atoms with van der Waals surface area (Å²) >= 11 is 0. The van der Waals surface area contributed by atoms with Crippen LogP contribution in [0.1, 0.15) is 6.92 Å². The summed E-state index contributed by atoms with van der Waals surface area (Å²) in [6.07, 6.45) is 0. The van der Waals surface area contributed by atoms with Crippen LogP contribution < -0.4 is 16.0 Å². The molecule has 0 radical (unpaired) electrons. The second-order valence-electron chi connectivity index (χ2n) is 3.17. The van der Waals surface area contributed by atoms with Crippen LogP contribution in [0.15, 0.2) is 0 Å². The van der Waals surface area contributed by atoms with Crippen LogP contribution in [0.25, 0.3) is 0 Å². The molecule has 0 unspecified atom stereocenters. The summed E-state index contributed by atoms with van der Waals surface area (Å²) in [5.74, 6) is -2.19. The number of nitrogens with one attached hydrogen (secondary N) is 3. The van der Waals surface area contributed by atoms with Gasteiger partial charge in [0.05, 0.1) is 0 Å². The van der Waals surface area contributed by atoms with Gasteiger partial charge in [-0.25, -0.2) is 9.59 Å². The number of carboxylic acids is 1. The van der Waals surface area contributed by atoms with Gasteiger partial charge in [-0.05, 0) is 0 Å². The van der Waals surface area contributed by atoms with E-state index in [0.29, 0.717) is 0 Å². The topological polar surface area (TPSA) is 134 Å². The smallest absolute Gasteiger partial charge is 0.329 e. The van der Waals surface area contributed by atoms with Crippen molar-refractivity contribution in [2.24, 2.45) is 0 Å². The number of imide groups is 1. The highest BCUT2D eigenvalue weighted by atomic mass is 16.5. The van der Waals surface area contributed by atoms with Crippen molar-refractivity contribution in [2.45, 2.75) is 6.92 Å². The molecule has 102 valence electrons. The average molecular weight is 261 g/mol. The Morgan fingerprint density at radius 1 is 1.06 bits per heavy atom. The SMILES string of the molecule is CC(=O)NCCNC(=O)NC(=O)COCC(=O)O. The molecule has 0 saturated heterocycles. The fraction of sp³-hybridized carbons (Fsp3) is 0.556. The molecule has 0 bridgehead atoms. The van der Waals surface area contributed by atoms with E-state index < -0.39 is 31.1 Å². The van der Waals surface area contributed by atoms with Gasteiger partial charge < -0.3 is 20.5 Å². The molecule has 4 N–H and O–H groups in total. The van der Waals surface area contributed by atoms with E-state index in [1.807, 2.05) is 5.32 Å². The fourth-order valence-electron chi connectivity index (χ4n) is 0.853. The largest absolute Gasteiger partial charge is 0.480 e. The zero-order valence-electron chi connectivity index (χ0n) is 9.82. The number of carboxylic acid groups (broad SMARTS) is 1. The lowest BCUT2D eigenvalue weighted by Gasteiger charge is -2.06. The van der Waals surface area contributed by atoms with Crippen LogP contribution in [0.3, 0.4) is 0 Å². The fourth-order valence-corrected chi connectivity index (χ4v) is 0.853. The van der Waals surface area contributed by atoms with Crippen LogP contribution in [0.2, 0.25) is 0 Å². The molecule has 0 aromatic heterocycles. The van der Waals surface area contributed by atoms with Gasteiger partial charge in [0.15, 0.2) is 0 Å². The van der Waals surface area contributed by atoms with Crippen molar-refractivity contribution in [3.63, 3.8) is 0 Å². The van der Waals surface area contributed by atoms with E-state index in [4.69, 9.17) is 5.11 Å². The standard InChI is InChI=1S/C9H15N3O6/c1-6(13)10-2-3-11-9(17)12-7(14)4-18-5-8(15)16/h2-5H2,1H3,(H,10,13)(H,15,16)(H2,11,12,14,17). The number of hydrogen-bond acceptors (Lipinski definition) is 5. The minimum Gasteiger partial charge on any atom is -0.480 e. The predicted molar refractivity (Wildman–Crippen MR) is 58.7 cm³/mol. The Morgan fingerprint density at radius 3 is 2.22 bits per heavy atom. The van der Waals surface area contributed by atoms with Crippen LogP contribution in [-0.2, 0) is 19.1 Å². The van der Waals surface area contributed by atoms with Crippen molar-refractivity contribution in [1.82, 2.24) is 16.0 Å². The van der Waals surface area contributed by atoms with Crippen molar-refractivity contribution >= 4 is 23.8 Å². The normalized spacial score (nSPS) is 9.39. The third-order valence-corrected chi connectivity index (χ3v) is 1.50. The van der Waals surface area contributed by atoms with E-state index in [0.717, 1.165) is 0 Å². The molecular weight excluding hydrogens is 246 g/mol. The van der Waals surface area contributed by atoms with Gasteiger partial charge >= 0.3 is 12.0 Å². The second-order valence-corrected chi connectivity index (χ2v) is 3.17. The molecule has 9 nitrogen and oxygen atoms in total. The first-order valence-corrected chi connectivity index (χ1v) is 5.03. The summed E-state index contributed by atoms with van der Waals surface area (Å²) < 4.78 is 4.47. The molecule has 0 heterocycles. The maximum absolute atomic E-state index is 11.1. The Labute approximate surface area is 103 Å². The molecular formula is C9H15N3O6.